The minimum Gasteiger partial charge on any atom is -0.493 e. The molecule has 1 atom stereocenters. The van der Waals surface area contributed by atoms with Crippen LogP contribution in [0.2, 0.25) is 0 Å². The zero-order chi connectivity index (χ0) is 19.6. The monoisotopic (exact) mass is 396 g/mol. The fourth-order valence-electron chi connectivity index (χ4n) is 2.49. The Bertz CT molecular complexity index is 872. The van der Waals surface area contributed by atoms with Gasteiger partial charge in [0.05, 0.1) is 39.8 Å². The van der Waals surface area contributed by atoms with E-state index in [9.17, 15) is 9.90 Å². The average molecular weight is 397 g/mol. The highest BCUT2D eigenvalue weighted by Crippen LogP contribution is 2.39. The molecule has 0 aliphatic carbocycles. The van der Waals surface area contributed by atoms with E-state index in [-0.39, 0.29) is 17.3 Å². The number of nitrogens with zero attached hydrogens (tertiary/aromatic N) is 3. The minimum atomic E-state index is -1.42. The fraction of sp³-hybridized carbons (Fsp3) is 0.312. The van der Waals surface area contributed by atoms with Crippen LogP contribution in [0.15, 0.2) is 29.1 Å². The summed E-state index contributed by atoms with van der Waals surface area (Å²) in [5.74, 6) is 0.632. The molecule has 3 rings (SSSR count). The Hall–Kier alpha value is -2.98. The zero-order valence-corrected chi connectivity index (χ0v) is 15.5. The Kier molecular flexibility index (Phi) is 5.38. The van der Waals surface area contributed by atoms with Gasteiger partial charge in [0.2, 0.25) is 12.0 Å². The summed E-state index contributed by atoms with van der Waals surface area (Å²) in [6.45, 7) is 0.170. The molecule has 1 aliphatic heterocycles. The number of ether oxygens (including phenoxy) is 4. The number of methoxy groups -OCH3 is 3. The lowest BCUT2D eigenvalue weighted by Crippen LogP contribution is -2.22. The predicted octanol–water partition coefficient (Wildman–Crippen LogP) is 0.708. The van der Waals surface area contributed by atoms with Gasteiger partial charge in [0.1, 0.15) is 11.4 Å². The molecule has 0 bridgehead atoms. The number of rotatable bonds is 7. The molecule has 1 aromatic heterocycles. The molecule has 1 aliphatic rings. The Balaban J connectivity index is 1.81. The summed E-state index contributed by atoms with van der Waals surface area (Å²) in [6, 6.07) is 3.44. The molecule has 0 radical (unpaired) electrons. The van der Waals surface area contributed by atoms with Gasteiger partial charge < -0.3 is 29.4 Å². The largest absolute Gasteiger partial charge is 0.493 e. The fourth-order valence-corrected chi connectivity index (χ4v) is 2.69. The molecular weight excluding hydrogens is 380 g/mol. The highest BCUT2D eigenvalue weighted by Gasteiger charge is 2.31. The van der Waals surface area contributed by atoms with Crippen molar-refractivity contribution < 1.29 is 28.8 Å². The SMILES string of the molecule is COc1cc(-n2cc(CNC3=C(Cl)C(=O)OC3O)nn2)cc(OC)c1OC. The lowest BCUT2D eigenvalue weighted by atomic mass is 10.2. The molecule has 0 saturated carbocycles. The maximum Gasteiger partial charge on any atom is 0.354 e. The Morgan fingerprint density at radius 1 is 1.26 bits per heavy atom. The molecule has 1 unspecified atom stereocenters. The normalized spacial score (nSPS) is 16.3. The quantitative estimate of drug-likeness (QED) is 0.652. The standard InChI is InChI=1S/C16H17ClN4O6/c1-24-10-4-9(5-11(25-2)14(10)26-3)21-7-8(19-20-21)6-18-13-12(17)15(22)27-16(13)23/h4-5,7,16,18,23H,6H2,1-3H3. The van der Waals surface area contributed by atoms with E-state index in [1.54, 1.807) is 18.3 Å². The van der Waals surface area contributed by atoms with Crippen LogP contribution in [0.5, 0.6) is 17.2 Å². The number of hydrogen-bond donors (Lipinski definition) is 2. The van der Waals surface area contributed by atoms with Crippen LogP contribution in [0.3, 0.4) is 0 Å². The lowest BCUT2D eigenvalue weighted by Gasteiger charge is -2.13. The Morgan fingerprint density at radius 2 is 1.93 bits per heavy atom. The smallest absolute Gasteiger partial charge is 0.354 e. The van der Waals surface area contributed by atoms with Crippen LogP contribution in [-0.2, 0) is 16.1 Å². The van der Waals surface area contributed by atoms with Gasteiger partial charge in [-0.2, -0.15) is 0 Å². The summed E-state index contributed by atoms with van der Waals surface area (Å²) in [5, 5.41) is 20.4. The maximum atomic E-state index is 11.3. The second-order valence-electron chi connectivity index (χ2n) is 5.38. The van der Waals surface area contributed by atoms with Gasteiger partial charge in [0.25, 0.3) is 0 Å². The summed E-state index contributed by atoms with van der Waals surface area (Å²) in [4.78, 5) is 11.3. The van der Waals surface area contributed by atoms with Gasteiger partial charge in [-0.3, -0.25) is 0 Å². The van der Waals surface area contributed by atoms with E-state index >= 15 is 0 Å². The molecule has 2 heterocycles. The highest BCUT2D eigenvalue weighted by atomic mass is 35.5. The number of aromatic nitrogens is 3. The third-order valence-electron chi connectivity index (χ3n) is 3.80. The van der Waals surface area contributed by atoms with Crippen molar-refractivity contribution in [1.29, 1.82) is 0 Å². The molecule has 2 aromatic rings. The first kappa shape index (κ1) is 18.8. The van der Waals surface area contributed by atoms with Crippen LogP contribution in [0, 0.1) is 0 Å². The number of halogens is 1. The van der Waals surface area contributed by atoms with E-state index in [2.05, 4.69) is 20.4 Å². The summed E-state index contributed by atoms with van der Waals surface area (Å²) in [5.41, 5.74) is 1.26. The summed E-state index contributed by atoms with van der Waals surface area (Å²) in [7, 11) is 4.56. The second-order valence-corrected chi connectivity index (χ2v) is 5.75. The molecule has 0 fully saturated rings. The summed E-state index contributed by atoms with van der Waals surface area (Å²) < 4.78 is 22.0. The maximum absolute atomic E-state index is 11.3. The van der Waals surface area contributed by atoms with Crippen molar-refractivity contribution in [1.82, 2.24) is 20.3 Å². The van der Waals surface area contributed by atoms with Crippen molar-refractivity contribution in [3.63, 3.8) is 0 Å². The van der Waals surface area contributed by atoms with Gasteiger partial charge in [-0.1, -0.05) is 16.8 Å². The molecular formula is C16H17ClN4O6. The van der Waals surface area contributed by atoms with Crippen molar-refractivity contribution in [3.05, 3.63) is 34.8 Å². The van der Waals surface area contributed by atoms with Crippen molar-refractivity contribution in [3.8, 4) is 22.9 Å². The van der Waals surface area contributed by atoms with Gasteiger partial charge in [-0.05, 0) is 0 Å². The first-order valence-electron chi connectivity index (χ1n) is 7.72. The molecule has 10 nitrogen and oxygen atoms in total. The number of esters is 1. The third-order valence-corrected chi connectivity index (χ3v) is 4.15. The van der Waals surface area contributed by atoms with Gasteiger partial charge in [-0.15, -0.1) is 5.10 Å². The minimum absolute atomic E-state index is 0.0870. The van der Waals surface area contributed by atoms with Gasteiger partial charge in [0.15, 0.2) is 16.5 Å². The molecule has 2 N–H and O–H groups in total. The van der Waals surface area contributed by atoms with E-state index in [1.165, 1.54) is 26.0 Å². The molecule has 1 aromatic carbocycles. The number of aliphatic hydroxyl groups is 1. The second kappa shape index (κ2) is 7.72. The summed E-state index contributed by atoms with van der Waals surface area (Å²) >= 11 is 5.79. The van der Waals surface area contributed by atoms with Gasteiger partial charge in [-0.25, -0.2) is 9.48 Å². The highest BCUT2D eigenvalue weighted by molar-refractivity contribution is 6.42. The molecule has 0 amide bonds. The zero-order valence-electron chi connectivity index (χ0n) is 14.7. The number of benzene rings is 1. The number of nitrogens with one attached hydrogen (secondary N) is 1. The van der Waals surface area contributed by atoms with Crippen molar-refractivity contribution in [2.75, 3.05) is 21.3 Å². The van der Waals surface area contributed by atoms with E-state index in [4.69, 9.17) is 25.8 Å². The van der Waals surface area contributed by atoms with Crippen LogP contribution in [0.1, 0.15) is 5.69 Å². The lowest BCUT2D eigenvalue weighted by molar-refractivity contribution is -0.151. The van der Waals surface area contributed by atoms with E-state index in [0.29, 0.717) is 28.6 Å². The predicted molar refractivity (Wildman–Crippen MR) is 92.8 cm³/mol. The van der Waals surface area contributed by atoms with Crippen LogP contribution >= 0.6 is 11.6 Å². The number of carbonyl (C=O) groups is 1. The van der Waals surface area contributed by atoms with Gasteiger partial charge in [0, 0.05) is 12.1 Å². The molecule has 0 spiro atoms. The number of aliphatic hydroxyl groups excluding tert-OH is 1. The van der Waals surface area contributed by atoms with Crippen LogP contribution in [-0.4, -0.2) is 53.7 Å². The number of cyclic esters (lactones) is 1. The Morgan fingerprint density at radius 3 is 2.44 bits per heavy atom. The van der Waals surface area contributed by atoms with Crippen LogP contribution in [0.4, 0.5) is 0 Å². The van der Waals surface area contributed by atoms with E-state index in [0.717, 1.165) is 0 Å². The van der Waals surface area contributed by atoms with Crippen LogP contribution < -0.4 is 19.5 Å². The van der Waals surface area contributed by atoms with E-state index < -0.39 is 12.3 Å². The third kappa shape index (κ3) is 3.62. The van der Waals surface area contributed by atoms with Crippen molar-refractivity contribution in [2.24, 2.45) is 0 Å². The molecule has 0 saturated heterocycles. The first-order valence-corrected chi connectivity index (χ1v) is 8.10. The molecule has 144 valence electrons. The number of hydrogen-bond acceptors (Lipinski definition) is 9. The molecule has 11 heteroatoms. The first-order chi connectivity index (χ1) is 13.0. The Labute approximate surface area is 159 Å². The average Bonchev–Trinajstić information content (AvgIpc) is 3.24. The molecule has 27 heavy (non-hydrogen) atoms. The number of carbonyl (C=O) groups excluding carboxylic acids is 1. The van der Waals surface area contributed by atoms with Gasteiger partial charge >= 0.3 is 5.97 Å². The topological polar surface area (TPSA) is 117 Å². The van der Waals surface area contributed by atoms with Crippen molar-refractivity contribution >= 4 is 17.6 Å². The van der Waals surface area contributed by atoms with E-state index in [1.807, 2.05) is 0 Å². The summed E-state index contributed by atoms with van der Waals surface area (Å²) in [6.07, 6.45) is 0.238. The van der Waals surface area contributed by atoms with Crippen LogP contribution in [0.25, 0.3) is 5.69 Å². The van der Waals surface area contributed by atoms with Crippen molar-refractivity contribution in [2.45, 2.75) is 12.8 Å².